The Morgan fingerprint density at radius 2 is 1.53 bits per heavy atom. The number of hydrogen-bond acceptors (Lipinski definition) is 3. The molecule has 0 spiro atoms. The largest absolute Gasteiger partial charge is 0.306 e. The van der Waals surface area contributed by atoms with Crippen molar-refractivity contribution < 1.29 is 0 Å². The molecule has 0 radical (unpaired) electrons. The van der Waals surface area contributed by atoms with Crippen LogP contribution in [0.2, 0.25) is 15.1 Å². The first-order chi connectivity index (χ1) is 15.5. The van der Waals surface area contributed by atoms with E-state index < -0.39 is 0 Å². The SMILES string of the molecule is CN1CCC(c2cc(-c3ccccc3Cl)c3ccnc(-c4c(Cl)cccc4Cl)c3n2)CC1. The first-order valence-electron chi connectivity index (χ1n) is 10.7. The van der Waals surface area contributed by atoms with Crippen molar-refractivity contribution in [3.05, 3.63) is 81.6 Å². The number of piperidine rings is 1. The van der Waals surface area contributed by atoms with E-state index in [0.29, 0.717) is 32.2 Å². The van der Waals surface area contributed by atoms with Crippen LogP contribution < -0.4 is 0 Å². The van der Waals surface area contributed by atoms with Gasteiger partial charge in [0.05, 0.1) is 21.3 Å². The number of rotatable bonds is 3. The average Bonchev–Trinajstić information content (AvgIpc) is 2.79. The highest BCUT2D eigenvalue weighted by molar-refractivity contribution is 6.39. The third kappa shape index (κ3) is 3.99. The van der Waals surface area contributed by atoms with Gasteiger partial charge >= 0.3 is 0 Å². The zero-order chi connectivity index (χ0) is 22.2. The summed E-state index contributed by atoms with van der Waals surface area (Å²) in [4.78, 5) is 12.2. The molecule has 3 heterocycles. The molecule has 3 nitrogen and oxygen atoms in total. The third-order valence-electron chi connectivity index (χ3n) is 6.25. The van der Waals surface area contributed by atoms with Crippen molar-refractivity contribution in [3.8, 4) is 22.4 Å². The zero-order valence-electron chi connectivity index (χ0n) is 17.7. The zero-order valence-corrected chi connectivity index (χ0v) is 19.9. The highest BCUT2D eigenvalue weighted by atomic mass is 35.5. The highest BCUT2D eigenvalue weighted by Gasteiger charge is 2.23. The molecule has 2 aromatic carbocycles. The average molecular weight is 483 g/mol. The minimum Gasteiger partial charge on any atom is -0.306 e. The highest BCUT2D eigenvalue weighted by Crippen LogP contribution is 2.41. The standard InChI is InChI=1S/C26H22Cl3N3/c1-32-13-10-16(11-14-32)23-15-19(17-5-2-3-6-20(17)27)18-9-12-30-26(25(18)31-23)24-21(28)7-4-8-22(24)29/h2-9,12,15-16H,10-11,13-14H2,1H3. The van der Waals surface area contributed by atoms with Crippen molar-refractivity contribution in [1.29, 1.82) is 0 Å². The van der Waals surface area contributed by atoms with E-state index in [9.17, 15) is 0 Å². The fourth-order valence-corrected chi connectivity index (χ4v) is 5.31. The summed E-state index contributed by atoms with van der Waals surface area (Å²) >= 11 is 19.8. The number of pyridine rings is 2. The Morgan fingerprint density at radius 3 is 2.25 bits per heavy atom. The molecule has 0 N–H and O–H groups in total. The molecule has 1 aliphatic rings. The maximum atomic E-state index is 6.64. The molecule has 2 aromatic heterocycles. The Hall–Kier alpha value is -2.17. The Balaban J connectivity index is 1.80. The Bertz CT molecular complexity index is 1280. The Morgan fingerprint density at radius 1 is 0.844 bits per heavy atom. The van der Waals surface area contributed by atoms with Crippen molar-refractivity contribution >= 4 is 45.7 Å². The van der Waals surface area contributed by atoms with Gasteiger partial charge in [0.1, 0.15) is 0 Å². The van der Waals surface area contributed by atoms with Crippen LogP contribution >= 0.6 is 34.8 Å². The molecule has 1 fully saturated rings. The lowest BCUT2D eigenvalue weighted by Crippen LogP contribution is -2.29. The van der Waals surface area contributed by atoms with Gasteiger partial charge in [0.2, 0.25) is 0 Å². The van der Waals surface area contributed by atoms with Crippen LogP contribution in [0.1, 0.15) is 24.5 Å². The number of fused-ring (bicyclic) bond motifs is 1. The smallest absolute Gasteiger partial charge is 0.0994 e. The maximum absolute atomic E-state index is 6.64. The van der Waals surface area contributed by atoms with Gasteiger partial charge in [-0.15, -0.1) is 0 Å². The number of halogens is 3. The van der Waals surface area contributed by atoms with E-state index in [1.807, 2.05) is 42.5 Å². The van der Waals surface area contributed by atoms with Gasteiger partial charge in [0, 0.05) is 39.3 Å². The van der Waals surface area contributed by atoms with Crippen molar-refractivity contribution in [1.82, 2.24) is 14.9 Å². The van der Waals surface area contributed by atoms with Gasteiger partial charge in [0.15, 0.2) is 0 Å². The molecule has 32 heavy (non-hydrogen) atoms. The third-order valence-corrected chi connectivity index (χ3v) is 7.21. The fourth-order valence-electron chi connectivity index (χ4n) is 4.49. The predicted octanol–water partition coefficient (Wildman–Crippen LogP) is 7.73. The molecule has 1 saturated heterocycles. The van der Waals surface area contributed by atoms with Crippen LogP contribution in [0.3, 0.4) is 0 Å². The molecular weight excluding hydrogens is 461 g/mol. The first kappa shape index (κ1) is 21.7. The molecule has 4 aromatic rings. The molecule has 5 rings (SSSR count). The number of aromatic nitrogens is 2. The van der Waals surface area contributed by atoms with Crippen molar-refractivity contribution in [2.75, 3.05) is 20.1 Å². The second kappa shape index (κ2) is 8.99. The van der Waals surface area contributed by atoms with Crippen molar-refractivity contribution in [2.24, 2.45) is 0 Å². The normalized spacial score (nSPS) is 15.4. The van der Waals surface area contributed by atoms with E-state index in [1.54, 1.807) is 6.20 Å². The minimum atomic E-state index is 0.381. The van der Waals surface area contributed by atoms with Crippen LogP contribution in [0, 0.1) is 0 Å². The second-order valence-electron chi connectivity index (χ2n) is 8.30. The lowest BCUT2D eigenvalue weighted by Gasteiger charge is -2.29. The van der Waals surface area contributed by atoms with Gasteiger partial charge in [0.25, 0.3) is 0 Å². The Kier molecular flexibility index (Phi) is 6.09. The van der Waals surface area contributed by atoms with Crippen LogP contribution in [0.15, 0.2) is 60.8 Å². The van der Waals surface area contributed by atoms with Crippen LogP contribution in [0.4, 0.5) is 0 Å². The summed E-state index contributed by atoms with van der Waals surface area (Å²) < 4.78 is 0. The molecule has 0 saturated carbocycles. The molecule has 162 valence electrons. The van der Waals surface area contributed by atoms with Gasteiger partial charge in [-0.25, -0.2) is 0 Å². The summed E-state index contributed by atoms with van der Waals surface area (Å²) in [5, 5.41) is 2.81. The first-order valence-corrected chi connectivity index (χ1v) is 11.8. The molecule has 0 amide bonds. The van der Waals surface area contributed by atoms with E-state index in [2.05, 4.69) is 29.1 Å². The van der Waals surface area contributed by atoms with E-state index in [1.165, 1.54) is 0 Å². The molecule has 0 aliphatic carbocycles. The topological polar surface area (TPSA) is 29.0 Å². The summed E-state index contributed by atoms with van der Waals surface area (Å²) in [6.45, 7) is 2.12. The van der Waals surface area contributed by atoms with Crippen molar-refractivity contribution in [3.63, 3.8) is 0 Å². The summed E-state index contributed by atoms with van der Waals surface area (Å²) in [5.41, 5.74) is 5.31. The lowest BCUT2D eigenvalue weighted by molar-refractivity contribution is 0.253. The fraction of sp³-hybridized carbons (Fsp3) is 0.231. The van der Waals surface area contributed by atoms with Gasteiger partial charge < -0.3 is 4.90 Å². The minimum absolute atomic E-state index is 0.381. The predicted molar refractivity (Wildman–Crippen MR) is 135 cm³/mol. The van der Waals surface area contributed by atoms with Gasteiger partial charge in [-0.2, -0.15) is 0 Å². The van der Waals surface area contributed by atoms with E-state index in [0.717, 1.165) is 53.7 Å². The van der Waals surface area contributed by atoms with Crippen LogP contribution in [-0.2, 0) is 0 Å². The van der Waals surface area contributed by atoms with E-state index in [-0.39, 0.29) is 0 Å². The van der Waals surface area contributed by atoms with Crippen LogP contribution in [0.25, 0.3) is 33.3 Å². The van der Waals surface area contributed by atoms with Gasteiger partial charge in [-0.1, -0.05) is 59.1 Å². The molecule has 0 unspecified atom stereocenters. The van der Waals surface area contributed by atoms with Crippen LogP contribution in [-0.4, -0.2) is 35.0 Å². The van der Waals surface area contributed by atoms with Crippen LogP contribution in [0.5, 0.6) is 0 Å². The molecule has 1 aliphatic heterocycles. The maximum Gasteiger partial charge on any atom is 0.0994 e. The summed E-state index contributed by atoms with van der Waals surface area (Å²) in [5.74, 6) is 0.381. The number of benzene rings is 2. The lowest BCUT2D eigenvalue weighted by atomic mass is 9.90. The number of hydrogen-bond donors (Lipinski definition) is 0. The molecule has 0 atom stereocenters. The summed E-state index contributed by atoms with van der Waals surface area (Å²) in [6, 6.07) is 17.6. The molecule has 0 bridgehead atoms. The number of nitrogens with zero attached hydrogens (tertiary/aromatic N) is 3. The molecule has 6 heteroatoms. The van der Waals surface area contributed by atoms with Gasteiger partial charge in [-0.3, -0.25) is 9.97 Å². The van der Waals surface area contributed by atoms with E-state index >= 15 is 0 Å². The quantitative estimate of drug-likeness (QED) is 0.299. The van der Waals surface area contributed by atoms with E-state index in [4.69, 9.17) is 39.8 Å². The summed E-state index contributed by atoms with van der Waals surface area (Å²) in [6.07, 6.45) is 3.92. The second-order valence-corrected chi connectivity index (χ2v) is 9.53. The van der Waals surface area contributed by atoms with Crippen molar-refractivity contribution in [2.45, 2.75) is 18.8 Å². The van der Waals surface area contributed by atoms with Gasteiger partial charge in [-0.05, 0) is 68.9 Å². The molecular formula is C26H22Cl3N3. The number of likely N-dealkylation sites (tertiary alicyclic amines) is 1. The Labute approximate surface area is 203 Å². The monoisotopic (exact) mass is 481 g/mol. The summed E-state index contributed by atoms with van der Waals surface area (Å²) in [7, 11) is 2.17.